The standard InChI is InChI=1S/C21H13ClN4O/c22-15-9-14(8-13-5-3-7-24-19(13)15)20-21(26-18(23)11-25-20)17-10-12-4-1-2-6-16(12)27-17/h1-11H,(H2,23,26). The topological polar surface area (TPSA) is 77.8 Å². The number of nitrogen functional groups attached to an aromatic ring is 1. The lowest BCUT2D eigenvalue weighted by Gasteiger charge is -2.09. The maximum absolute atomic E-state index is 6.45. The number of furan rings is 1. The van der Waals surface area contributed by atoms with Crippen LogP contribution in [0.4, 0.5) is 5.82 Å². The molecular weight excluding hydrogens is 360 g/mol. The molecule has 2 aromatic carbocycles. The largest absolute Gasteiger partial charge is 0.454 e. The summed E-state index contributed by atoms with van der Waals surface area (Å²) in [6.45, 7) is 0. The maximum atomic E-state index is 6.45. The van der Waals surface area contributed by atoms with Crippen molar-refractivity contribution in [2.24, 2.45) is 0 Å². The average Bonchev–Trinajstić information content (AvgIpc) is 3.12. The van der Waals surface area contributed by atoms with E-state index in [2.05, 4.69) is 15.0 Å². The number of nitrogens with zero attached hydrogens (tertiary/aromatic N) is 3. The Morgan fingerprint density at radius 1 is 0.889 bits per heavy atom. The van der Waals surface area contributed by atoms with Crippen molar-refractivity contribution in [3.05, 3.63) is 72.0 Å². The number of hydrogen-bond donors (Lipinski definition) is 1. The number of nitrogens with two attached hydrogens (primary N) is 1. The molecule has 0 fully saturated rings. The summed E-state index contributed by atoms with van der Waals surface area (Å²) in [7, 11) is 0. The number of rotatable bonds is 2. The summed E-state index contributed by atoms with van der Waals surface area (Å²) >= 11 is 6.45. The lowest BCUT2D eigenvalue weighted by molar-refractivity contribution is 0.628. The predicted octanol–water partition coefficient (Wildman–Crippen LogP) is 5.34. The molecule has 6 heteroatoms. The summed E-state index contributed by atoms with van der Waals surface area (Å²) in [5.41, 5.74) is 9.48. The molecule has 27 heavy (non-hydrogen) atoms. The summed E-state index contributed by atoms with van der Waals surface area (Å²) in [5.74, 6) is 0.927. The highest BCUT2D eigenvalue weighted by Crippen LogP contribution is 2.36. The number of benzene rings is 2. The summed E-state index contributed by atoms with van der Waals surface area (Å²) in [5, 5.41) is 2.47. The van der Waals surface area contributed by atoms with E-state index in [-0.39, 0.29) is 0 Å². The van der Waals surface area contributed by atoms with Crippen LogP contribution in [0.25, 0.3) is 44.6 Å². The molecule has 0 spiro atoms. The van der Waals surface area contributed by atoms with Crippen LogP contribution in [0.15, 0.2) is 71.4 Å². The van der Waals surface area contributed by atoms with Crippen molar-refractivity contribution in [3.63, 3.8) is 0 Å². The minimum Gasteiger partial charge on any atom is -0.454 e. The maximum Gasteiger partial charge on any atom is 0.156 e. The second-order valence-electron chi connectivity index (χ2n) is 6.17. The monoisotopic (exact) mass is 372 g/mol. The molecule has 0 aliphatic carbocycles. The number of hydrogen-bond acceptors (Lipinski definition) is 5. The third-order valence-electron chi connectivity index (χ3n) is 4.38. The predicted molar refractivity (Wildman–Crippen MR) is 107 cm³/mol. The summed E-state index contributed by atoms with van der Waals surface area (Å²) in [6.07, 6.45) is 3.25. The highest BCUT2D eigenvalue weighted by molar-refractivity contribution is 6.35. The van der Waals surface area contributed by atoms with Gasteiger partial charge in [-0.15, -0.1) is 0 Å². The number of anilines is 1. The third-order valence-corrected chi connectivity index (χ3v) is 4.67. The second-order valence-corrected chi connectivity index (χ2v) is 6.58. The van der Waals surface area contributed by atoms with Gasteiger partial charge in [-0.3, -0.25) is 4.98 Å². The van der Waals surface area contributed by atoms with Gasteiger partial charge in [-0.1, -0.05) is 35.9 Å². The Kier molecular flexibility index (Phi) is 3.55. The first-order valence-electron chi connectivity index (χ1n) is 8.35. The van der Waals surface area contributed by atoms with Gasteiger partial charge < -0.3 is 10.2 Å². The molecule has 5 aromatic rings. The average molecular weight is 373 g/mol. The molecule has 5 rings (SSSR count). The van der Waals surface area contributed by atoms with Crippen LogP contribution in [0.5, 0.6) is 0 Å². The van der Waals surface area contributed by atoms with Gasteiger partial charge >= 0.3 is 0 Å². The molecule has 0 atom stereocenters. The zero-order chi connectivity index (χ0) is 18.4. The molecule has 0 radical (unpaired) electrons. The Labute approximate surface area is 159 Å². The first-order chi connectivity index (χ1) is 13.2. The van der Waals surface area contributed by atoms with Gasteiger partial charge in [0.1, 0.15) is 17.1 Å². The molecule has 0 aliphatic heterocycles. The fraction of sp³-hybridized carbons (Fsp3) is 0. The van der Waals surface area contributed by atoms with Crippen LogP contribution >= 0.6 is 11.6 Å². The molecule has 2 N–H and O–H groups in total. The summed E-state index contributed by atoms with van der Waals surface area (Å²) in [4.78, 5) is 13.3. The van der Waals surface area contributed by atoms with Gasteiger partial charge in [0.25, 0.3) is 0 Å². The Hall–Kier alpha value is -3.44. The molecule has 3 aromatic heterocycles. The van der Waals surface area contributed by atoms with Crippen LogP contribution in [-0.2, 0) is 0 Å². The highest BCUT2D eigenvalue weighted by Gasteiger charge is 2.17. The normalized spacial score (nSPS) is 11.3. The van der Waals surface area contributed by atoms with Gasteiger partial charge in [0.15, 0.2) is 5.76 Å². The van der Waals surface area contributed by atoms with Crippen molar-refractivity contribution < 1.29 is 4.42 Å². The van der Waals surface area contributed by atoms with Crippen LogP contribution in [0.2, 0.25) is 5.02 Å². The Morgan fingerprint density at radius 2 is 1.74 bits per heavy atom. The van der Waals surface area contributed by atoms with Gasteiger partial charge in [-0.25, -0.2) is 9.97 Å². The van der Waals surface area contributed by atoms with Crippen LogP contribution in [0.3, 0.4) is 0 Å². The highest BCUT2D eigenvalue weighted by atomic mass is 35.5. The molecule has 0 aliphatic rings. The van der Waals surface area contributed by atoms with Crippen LogP contribution in [0, 0.1) is 0 Å². The number of para-hydroxylation sites is 1. The van der Waals surface area contributed by atoms with Gasteiger partial charge in [0, 0.05) is 22.5 Å². The fourth-order valence-electron chi connectivity index (χ4n) is 3.17. The van der Waals surface area contributed by atoms with Crippen molar-refractivity contribution >= 4 is 39.3 Å². The lowest BCUT2D eigenvalue weighted by Crippen LogP contribution is -1.98. The van der Waals surface area contributed by atoms with Crippen molar-refractivity contribution in [1.82, 2.24) is 15.0 Å². The fourth-order valence-corrected chi connectivity index (χ4v) is 3.44. The molecule has 0 unspecified atom stereocenters. The van der Waals surface area contributed by atoms with E-state index >= 15 is 0 Å². The first-order valence-corrected chi connectivity index (χ1v) is 8.73. The smallest absolute Gasteiger partial charge is 0.156 e. The van der Waals surface area contributed by atoms with Crippen LogP contribution < -0.4 is 5.73 Å². The summed E-state index contributed by atoms with van der Waals surface area (Å²) in [6, 6.07) is 17.4. The first kappa shape index (κ1) is 15.8. The molecule has 0 saturated heterocycles. The van der Waals surface area contributed by atoms with E-state index in [4.69, 9.17) is 21.8 Å². The molecule has 3 heterocycles. The van der Waals surface area contributed by atoms with Crippen molar-refractivity contribution in [1.29, 1.82) is 0 Å². The Balaban J connectivity index is 1.76. The Bertz CT molecular complexity index is 1280. The van der Waals surface area contributed by atoms with Gasteiger partial charge in [0.05, 0.1) is 22.4 Å². The zero-order valence-electron chi connectivity index (χ0n) is 14.1. The van der Waals surface area contributed by atoms with Crippen molar-refractivity contribution in [2.45, 2.75) is 0 Å². The lowest BCUT2D eigenvalue weighted by atomic mass is 10.0. The molecule has 0 saturated carbocycles. The number of halogens is 1. The van der Waals surface area contributed by atoms with Crippen LogP contribution in [-0.4, -0.2) is 15.0 Å². The van der Waals surface area contributed by atoms with Gasteiger partial charge in [-0.05, 0) is 30.3 Å². The molecule has 130 valence electrons. The minimum absolute atomic E-state index is 0.322. The van der Waals surface area contributed by atoms with E-state index in [9.17, 15) is 0 Å². The van der Waals surface area contributed by atoms with E-state index < -0.39 is 0 Å². The third kappa shape index (κ3) is 2.69. The van der Waals surface area contributed by atoms with E-state index in [0.29, 0.717) is 28.0 Å². The molecule has 5 nitrogen and oxygen atoms in total. The SMILES string of the molecule is Nc1cnc(-c2cc(Cl)c3ncccc3c2)c(-c2cc3ccccc3o2)n1. The molecule has 0 bridgehead atoms. The van der Waals surface area contributed by atoms with E-state index in [1.165, 1.54) is 6.20 Å². The molecule has 0 amide bonds. The van der Waals surface area contributed by atoms with Gasteiger partial charge in [-0.2, -0.15) is 0 Å². The number of pyridine rings is 1. The molecular formula is C21H13ClN4O. The van der Waals surface area contributed by atoms with E-state index in [1.54, 1.807) is 6.20 Å². The van der Waals surface area contributed by atoms with Crippen molar-refractivity contribution in [2.75, 3.05) is 5.73 Å². The van der Waals surface area contributed by atoms with Crippen LogP contribution in [0.1, 0.15) is 0 Å². The second kappa shape index (κ2) is 6.07. The summed E-state index contributed by atoms with van der Waals surface area (Å²) < 4.78 is 5.99. The number of aromatic nitrogens is 3. The van der Waals surface area contributed by atoms with E-state index in [0.717, 1.165) is 27.4 Å². The minimum atomic E-state index is 0.322. The zero-order valence-corrected chi connectivity index (χ0v) is 14.8. The Morgan fingerprint density at radius 3 is 2.63 bits per heavy atom. The van der Waals surface area contributed by atoms with Crippen molar-refractivity contribution in [3.8, 4) is 22.7 Å². The van der Waals surface area contributed by atoms with E-state index in [1.807, 2.05) is 54.6 Å². The number of fused-ring (bicyclic) bond motifs is 2. The van der Waals surface area contributed by atoms with Gasteiger partial charge in [0.2, 0.25) is 0 Å². The quantitative estimate of drug-likeness (QED) is 0.452.